The zero-order chi connectivity index (χ0) is 15.8. The van der Waals surface area contributed by atoms with E-state index in [1.807, 2.05) is 18.2 Å². The second-order valence-corrected chi connectivity index (χ2v) is 5.55. The van der Waals surface area contributed by atoms with Crippen LogP contribution >= 0.6 is 0 Å². The van der Waals surface area contributed by atoms with Crippen molar-refractivity contribution < 1.29 is 19.0 Å². The highest BCUT2D eigenvalue weighted by atomic mass is 16.5. The van der Waals surface area contributed by atoms with Crippen molar-refractivity contribution in [1.29, 1.82) is 0 Å². The van der Waals surface area contributed by atoms with Gasteiger partial charge in [0.25, 0.3) is 0 Å². The second-order valence-electron chi connectivity index (χ2n) is 5.55. The summed E-state index contributed by atoms with van der Waals surface area (Å²) in [6.07, 6.45) is 3.25. The predicted octanol–water partition coefficient (Wildman–Crippen LogP) is 2.18. The number of ether oxygens (including phenoxy) is 3. The molecular formula is C17H25NO4. The summed E-state index contributed by atoms with van der Waals surface area (Å²) in [6.45, 7) is 2.38. The van der Waals surface area contributed by atoms with Gasteiger partial charge in [0.2, 0.25) is 5.91 Å². The summed E-state index contributed by atoms with van der Waals surface area (Å²) in [5.74, 6) is 2.05. The zero-order valence-electron chi connectivity index (χ0n) is 13.4. The Bertz CT molecular complexity index is 484. The lowest BCUT2D eigenvalue weighted by atomic mass is 10.0. The van der Waals surface area contributed by atoms with Crippen LogP contribution in [0.1, 0.15) is 24.8 Å². The van der Waals surface area contributed by atoms with Crippen molar-refractivity contribution in [2.75, 3.05) is 34.0 Å². The van der Waals surface area contributed by atoms with Crippen LogP contribution in [0.25, 0.3) is 0 Å². The third kappa shape index (κ3) is 4.91. The number of hydrogen-bond donors (Lipinski definition) is 1. The lowest BCUT2D eigenvalue weighted by molar-refractivity contribution is -0.121. The van der Waals surface area contributed by atoms with E-state index in [2.05, 4.69) is 5.32 Å². The topological polar surface area (TPSA) is 56.8 Å². The van der Waals surface area contributed by atoms with Gasteiger partial charge in [-0.25, -0.2) is 0 Å². The number of methoxy groups -OCH3 is 2. The summed E-state index contributed by atoms with van der Waals surface area (Å²) < 4.78 is 15.8. The molecule has 1 aromatic rings. The molecule has 0 spiro atoms. The molecule has 0 aliphatic carbocycles. The Hall–Kier alpha value is -1.75. The number of rotatable bonds is 7. The van der Waals surface area contributed by atoms with E-state index < -0.39 is 0 Å². The number of carbonyl (C=O) groups is 1. The van der Waals surface area contributed by atoms with Gasteiger partial charge in [-0.1, -0.05) is 6.07 Å². The van der Waals surface area contributed by atoms with Gasteiger partial charge in [0, 0.05) is 26.2 Å². The molecule has 5 heteroatoms. The van der Waals surface area contributed by atoms with Gasteiger partial charge in [-0.2, -0.15) is 0 Å². The molecule has 0 unspecified atom stereocenters. The molecule has 0 saturated carbocycles. The Morgan fingerprint density at radius 2 is 1.95 bits per heavy atom. The highest BCUT2D eigenvalue weighted by Crippen LogP contribution is 2.27. The quantitative estimate of drug-likeness (QED) is 0.839. The Labute approximate surface area is 131 Å². The highest BCUT2D eigenvalue weighted by molar-refractivity contribution is 5.76. The summed E-state index contributed by atoms with van der Waals surface area (Å²) in [5, 5.41) is 3.02. The number of nitrogens with one attached hydrogen (secondary N) is 1. The molecule has 2 rings (SSSR count). The number of hydrogen-bond acceptors (Lipinski definition) is 4. The van der Waals surface area contributed by atoms with E-state index in [1.54, 1.807) is 14.2 Å². The molecule has 122 valence electrons. The van der Waals surface area contributed by atoms with Crippen LogP contribution in [0.3, 0.4) is 0 Å². The smallest absolute Gasteiger partial charge is 0.220 e. The molecule has 1 aromatic carbocycles. The Morgan fingerprint density at radius 1 is 1.23 bits per heavy atom. The fraction of sp³-hybridized carbons (Fsp3) is 0.588. The van der Waals surface area contributed by atoms with Crippen molar-refractivity contribution in [3.8, 4) is 11.5 Å². The minimum Gasteiger partial charge on any atom is -0.493 e. The van der Waals surface area contributed by atoms with E-state index >= 15 is 0 Å². The molecule has 0 aromatic heterocycles. The Kier molecular flexibility index (Phi) is 6.52. The van der Waals surface area contributed by atoms with Gasteiger partial charge in [-0.15, -0.1) is 0 Å². The SMILES string of the molecule is COc1ccc(CCC(=O)NCC2CCOCC2)cc1OC. The van der Waals surface area contributed by atoms with Crippen molar-refractivity contribution >= 4 is 5.91 Å². The van der Waals surface area contributed by atoms with Crippen LogP contribution in [-0.2, 0) is 16.0 Å². The van der Waals surface area contributed by atoms with E-state index in [-0.39, 0.29) is 5.91 Å². The van der Waals surface area contributed by atoms with Crippen LogP contribution in [0.2, 0.25) is 0 Å². The van der Waals surface area contributed by atoms with Crippen molar-refractivity contribution in [3.63, 3.8) is 0 Å². The van der Waals surface area contributed by atoms with Crippen LogP contribution in [0.5, 0.6) is 11.5 Å². The van der Waals surface area contributed by atoms with Crippen LogP contribution in [0.4, 0.5) is 0 Å². The largest absolute Gasteiger partial charge is 0.493 e. The summed E-state index contributed by atoms with van der Waals surface area (Å²) in [7, 11) is 3.23. The maximum absolute atomic E-state index is 11.9. The molecule has 1 heterocycles. The fourth-order valence-electron chi connectivity index (χ4n) is 2.59. The minimum absolute atomic E-state index is 0.0984. The van der Waals surface area contributed by atoms with Crippen molar-refractivity contribution in [1.82, 2.24) is 5.32 Å². The van der Waals surface area contributed by atoms with Gasteiger partial charge in [-0.05, 0) is 42.9 Å². The third-order valence-electron chi connectivity index (χ3n) is 4.02. The van der Waals surface area contributed by atoms with Crippen LogP contribution < -0.4 is 14.8 Å². The second kappa shape index (κ2) is 8.63. The highest BCUT2D eigenvalue weighted by Gasteiger charge is 2.14. The first-order chi connectivity index (χ1) is 10.7. The standard InChI is InChI=1S/C17H25NO4/c1-20-15-5-3-13(11-16(15)21-2)4-6-17(19)18-12-14-7-9-22-10-8-14/h3,5,11,14H,4,6-10,12H2,1-2H3,(H,18,19). The van der Waals surface area contributed by atoms with E-state index in [4.69, 9.17) is 14.2 Å². The third-order valence-corrected chi connectivity index (χ3v) is 4.02. The molecule has 1 aliphatic heterocycles. The number of aryl methyl sites for hydroxylation is 1. The molecule has 0 bridgehead atoms. The molecule has 1 aliphatic rings. The summed E-state index contributed by atoms with van der Waals surface area (Å²) in [6, 6.07) is 5.76. The van der Waals surface area contributed by atoms with Crippen LogP contribution in [-0.4, -0.2) is 39.9 Å². The average molecular weight is 307 g/mol. The molecular weight excluding hydrogens is 282 g/mol. The van der Waals surface area contributed by atoms with Gasteiger partial charge < -0.3 is 19.5 Å². The fourth-order valence-corrected chi connectivity index (χ4v) is 2.59. The number of amides is 1. The molecule has 22 heavy (non-hydrogen) atoms. The maximum atomic E-state index is 11.9. The van der Waals surface area contributed by atoms with Gasteiger partial charge in [-0.3, -0.25) is 4.79 Å². The van der Waals surface area contributed by atoms with Gasteiger partial charge in [0.05, 0.1) is 14.2 Å². The Morgan fingerprint density at radius 3 is 2.64 bits per heavy atom. The van der Waals surface area contributed by atoms with Gasteiger partial charge >= 0.3 is 0 Å². The van der Waals surface area contributed by atoms with E-state index in [1.165, 1.54) is 0 Å². The van der Waals surface area contributed by atoms with Crippen molar-refractivity contribution in [2.24, 2.45) is 5.92 Å². The van der Waals surface area contributed by atoms with Gasteiger partial charge in [0.1, 0.15) is 0 Å². The first kappa shape index (κ1) is 16.6. The molecule has 5 nitrogen and oxygen atoms in total. The normalized spacial score (nSPS) is 15.4. The van der Waals surface area contributed by atoms with Gasteiger partial charge in [0.15, 0.2) is 11.5 Å². The predicted molar refractivity (Wildman–Crippen MR) is 84.4 cm³/mol. The van der Waals surface area contributed by atoms with Crippen molar-refractivity contribution in [3.05, 3.63) is 23.8 Å². The van der Waals surface area contributed by atoms with E-state index in [0.717, 1.165) is 38.2 Å². The van der Waals surface area contributed by atoms with E-state index in [9.17, 15) is 4.79 Å². The van der Waals surface area contributed by atoms with E-state index in [0.29, 0.717) is 30.3 Å². The first-order valence-corrected chi connectivity index (χ1v) is 7.78. The summed E-state index contributed by atoms with van der Waals surface area (Å²) in [5.41, 5.74) is 1.07. The average Bonchev–Trinajstić information content (AvgIpc) is 2.58. The molecule has 1 fully saturated rings. The lowest BCUT2D eigenvalue weighted by Crippen LogP contribution is -2.32. The molecule has 0 atom stereocenters. The Balaban J connectivity index is 1.75. The maximum Gasteiger partial charge on any atom is 0.220 e. The molecule has 1 amide bonds. The number of carbonyl (C=O) groups excluding carboxylic acids is 1. The zero-order valence-corrected chi connectivity index (χ0v) is 13.4. The summed E-state index contributed by atoms with van der Waals surface area (Å²) >= 11 is 0. The minimum atomic E-state index is 0.0984. The summed E-state index contributed by atoms with van der Waals surface area (Å²) in [4.78, 5) is 11.9. The number of benzene rings is 1. The first-order valence-electron chi connectivity index (χ1n) is 7.78. The molecule has 0 radical (unpaired) electrons. The molecule has 1 N–H and O–H groups in total. The van der Waals surface area contributed by atoms with Crippen LogP contribution in [0, 0.1) is 5.92 Å². The van der Waals surface area contributed by atoms with Crippen LogP contribution in [0.15, 0.2) is 18.2 Å². The lowest BCUT2D eigenvalue weighted by Gasteiger charge is -2.22. The van der Waals surface area contributed by atoms with Crippen molar-refractivity contribution in [2.45, 2.75) is 25.7 Å². The monoisotopic (exact) mass is 307 g/mol. The molecule has 1 saturated heterocycles.